The zero-order valence-electron chi connectivity index (χ0n) is 11.1. The Balaban J connectivity index is 2.04. The third kappa shape index (κ3) is 3.31. The first-order valence-electron chi connectivity index (χ1n) is 6.29. The highest BCUT2D eigenvalue weighted by Crippen LogP contribution is 2.17. The van der Waals surface area contributed by atoms with E-state index < -0.39 is 0 Å². The summed E-state index contributed by atoms with van der Waals surface area (Å²) in [5.74, 6) is 0. The Morgan fingerprint density at radius 1 is 0.833 bits per heavy atom. The fraction of sp³-hybridized carbons (Fsp3) is 0.176. The van der Waals surface area contributed by atoms with Crippen molar-refractivity contribution in [2.75, 3.05) is 20.6 Å². The van der Waals surface area contributed by atoms with E-state index in [9.17, 15) is 0 Å². The van der Waals surface area contributed by atoms with Gasteiger partial charge in [0.15, 0.2) is 0 Å². The molecule has 0 heterocycles. The van der Waals surface area contributed by atoms with E-state index in [1.54, 1.807) is 0 Å². The van der Waals surface area contributed by atoms with Crippen LogP contribution in [0.4, 0.5) is 5.69 Å². The van der Waals surface area contributed by atoms with Gasteiger partial charge in [0.05, 0.1) is 14.1 Å². The Morgan fingerprint density at radius 3 is 2.00 bits per heavy atom. The molecule has 0 bridgehead atoms. The summed E-state index contributed by atoms with van der Waals surface area (Å²) in [5, 5.41) is 0. The van der Waals surface area contributed by atoms with Crippen molar-refractivity contribution in [3.63, 3.8) is 0 Å². The maximum Gasteiger partial charge on any atom is 0.132 e. The molecule has 0 saturated carbocycles. The molecule has 18 heavy (non-hydrogen) atoms. The summed E-state index contributed by atoms with van der Waals surface area (Å²) in [6.45, 7) is 0.985. The first kappa shape index (κ1) is 12.6. The third-order valence-corrected chi connectivity index (χ3v) is 3.13. The highest BCUT2D eigenvalue weighted by Gasteiger charge is 2.15. The number of likely N-dealkylation sites (N-methyl/N-ethyl adjacent to an activating group) is 1. The molecule has 0 aliphatic rings. The number of rotatable bonds is 4. The Kier molecular flexibility index (Phi) is 3.96. The fourth-order valence-electron chi connectivity index (χ4n) is 1.95. The third-order valence-electron chi connectivity index (χ3n) is 3.13. The Morgan fingerprint density at radius 2 is 1.39 bits per heavy atom. The molecule has 2 aromatic carbocycles. The zero-order valence-corrected chi connectivity index (χ0v) is 11.1. The molecule has 1 nitrogen and oxygen atoms in total. The van der Waals surface area contributed by atoms with Crippen LogP contribution in [0.1, 0.15) is 5.56 Å². The van der Waals surface area contributed by atoms with Crippen molar-refractivity contribution in [1.29, 1.82) is 0 Å². The van der Waals surface area contributed by atoms with Crippen LogP contribution in [0.5, 0.6) is 0 Å². The van der Waals surface area contributed by atoms with Crippen molar-refractivity contribution in [3.8, 4) is 0 Å². The van der Waals surface area contributed by atoms with E-state index in [-0.39, 0.29) is 0 Å². The number of quaternary nitrogens is 1. The molecule has 0 N–H and O–H groups in total. The number of hydrogen-bond acceptors (Lipinski definition) is 0. The Hall–Kier alpha value is -1.86. The summed E-state index contributed by atoms with van der Waals surface area (Å²) >= 11 is 0. The SMILES string of the molecule is C[N+](C)(C/C=C/c1ccccc1)c1ccccc1. The largest absolute Gasteiger partial charge is 0.293 e. The van der Waals surface area contributed by atoms with Crippen LogP contribution in [0.15, 0.2) is 66.7 Å². The second kappa shape index (κ2) is 5.65. The van der Waals surface area contributed by atoms with Crippen molar-refractivity contribution in [1.82, 2.24) is 4.48 Å². The second-order valence-corrected chi connectivity index (χ2v) is 5.02. The van der Waals surface area contributed by atoms with Crippen LogP contribution in [-0.2, 0) is 0 Å². The lowest BCUT2D eigenvalue weighted by atomic mass is 10.2. The summed E-state index contributed by atoms with van der Waals surface area (Å²) in [6.07, 6.45) is 4.42. The summed E-state index contributed by atoms with van der Waals surface area (Å²) in [4.78, 5) is 0. The lowest BCUT2D eigenvalue weighted by Gasteiger charge is -2.27. The number of hydrogen-bond donors (Lipinski definition) is 0. The smallest absolute Gasteiger partial charge is 0.132 e. The van der Waals surface area contributed by atoms with E-state index in [4.69, 9.17) is 0 Å². The van der Waals surface area contributed by atoms with Crippen LogP contribution >= 0.6 is 0 Å². The van der Waals surface area contributed by atoms with E-state index in [0.717, 1.165) is 11.0 Å². The van der Waals surface area contributed by atoms with E-state index >= 15 is 0 Å². The molecule has 2 rings (SSSR count). The number of benzene rings is 2. The van der Waals surface area contributed by atoms with Crippen molar-refractivity contribution in [2.24, 2.45) is 0 Å². The molecular formula is C17H20N+. The molecule has 2 aromatic rings. The standard InChI is InChI=1S/C17H20N/c1-18(2,17-13-7-4-8-14-17)15-9-12-16-10-5-3-6-11-16/h3-14H,15H2,1-2H3/q+1/b12-9+. The topological polar surface area (TPSA) is 0 Å². The quantitative estimate of drug-likeness (QED) is 0.707. The van der Waals surface area contributed by atoms with Crippen molar-refractivity contribution < 1.29 is 0 Å². The van der Waals surface area contributed by atoms with E-state index in [1.165, 1.54) is 11.3 Å². The highest BCUT2D eigenvalue weighted by molar-refractivity contribution is 5.50. The van der Waals surface area contributed by atoms with Crippen LogP contribution in [0.3, 0.4) is 0 Å². The van der Waals surface area contributed by atoms with Gasteiger partial charge in [-0.25, -0.2) is 0 Å². The Bertz CT molecular complexity index is 498. The average Bonchev–Trinajstić information content (AvgIpc) is 2.41. The Labute approximate surface area is 110 Å². The van der Waals surface area contributed by atoms with Crippen LogP contribution in [-0.4, -0.2) is 20.6 Å². The normalized spacial score (nSPS) is 11.9. The molecule has 0 aromatic heterocycles. The summed E-state index contributed by atoms with van der Waals surface area (Å²) < 4.78 is 0.865. The van der Waals surface area contributed by atoms with Gasteiger partial charge in [0, 0.05) is 0 Å². The molecule has 1 heteroatoms. The molecule has 0 atom stereocenters. The molecular weight excluding hydrogens is 218 g/mol. The van der Waals surface area contributed by atoms with Gasteiger partial charge in [0.25, 0.3) is 0 Å². The minimum absolute atomic E-state index is 0.865. The van der Waals surface area contributed by atoms with Gasteiger partial charge < -0.3 is 0 Å². The van der Waals surface area contributed by atoms with Crippen molar-refractivity contribution in [3.05, 3.63) is 72.3 Å². The number of para-hydroxylation sites is 1. The van der Waals surface area contributed by atoms with Crippen LogP contribution in [0.25, 0.3) is 6.08 Å². The second-order valence-electron chi connectivity index (χ2n) is 5.02. The van der Waals surface area contributed by atoms with E-state index in [0.29, 0.717) is 0 Å². The molecule has 0 fully saturated rings. The summed E-state index contributed by atoms with van der Waals surface area (Å²) in [6, 6.07) is 21.0. The average molecular weight is 238 g/mol. The first-order chi connectivity index (χ1) is 8.68. The highest BCUT2D eigenvalue weighted by atomic mass is 15.3. The van der Waals surface area contributed by atoms with Crippen LogP contribution in [0, 0.1) is 0 Å². The molecule has 0 aliphatic carbocycles. The lowest BCUT2D eigenvalue weighted by Crippen LogP contribution is -2.40. The molecule has 0 unspecified atom stereocenters. The summed E-state index contributed by atoms with van der Waals surface area (Å²) in [7, 11) is 4.45. The molecule has 0 aliphatic heterocycles. The van der Waals surface area contributed by atoms with Gasteiger partial charge >= 0.3 is 0 Å². The van der Waals surface area contributed by atoms with Gasteiger partial charge in [-0.1, -0.05) is 54.6 Å². The molecule has 0 radical (unpaired) electrons. The van der Waals surface area contributed by atoms with Gasteiger partial charge in [-0.05, 0) is 23.8 Å². The maximum atomic E-state index is 2.24. The van der Waals surface area contributed by atoms with E-state index in [1.807, 2.05) is 6.07 Å². The summed E-state index contributed by atoms with van der Waals surface area (Å²) in [5.41, 5.74) is 2.58. The molecule has 0 spiro atoms. The van der Waals surface area contributed by atoms with Gasteiger partial charge in [-0.15, -0.1) is 0 Å². The molecule has 0 saturated heterocycles. The van der Waals surface area contributed by atoms with Gasteiger partial charge in [-0.2, -0.15) is 0 Å². The molecule has 92 valence electrons. The number of nitrogens with zero attached hydrogens (tertiary/aromatic N) is 1. The zero-order chi connectivity index (χ0) is 12.8. The predicted molar refractivity (Wildman–Crippen MR) is 80.4 cm³/mol. The fourth-order valence-corrected chi connectivity index (χ4v) is 1.95. The molecule has 0 amide bonds. The van der Waals surface area contributed by atoms with Gasteiger partial charge in [-0.3, -0.25) is 4.48 Å². The van der Waals surface area contributed by atoms with E-state index in [2.05, 4.69) is 80.8 Å². The van der Waals surface area contributed by atoms with Crippen molar-refractivity contribution in [2.45, 2.75) is 0 Å². The minimum atomic E-state index is 0.865. The van der Waals surface area contributed by atoms with Crippen molar-refractivity contribution >= 4 is 11.8 Å². The van der Waals surface area contributed by atoms with Crippen LogP contribution in [0.2, 0.25) is 0 Å². The van der Waals surface area contributed by atoms with Crippen LogP contribution < -0.4 is 4.48 Å². The van der Waals surface area contributed by atoms with Gasteiger partial charge in [0.2, 0.25) is 0 Å². The maximum absolute atomic E-state index is 2.24. The predicted octanol–water partition coefficient (Wildman–Crippen LogP) is 3.97. The lowest BCUT2D eigenvalue weighted by molar-refractivity contribution is 0.442. The monoisotopic (exact) mass is 238 g/mol. The van der Waals surface area contributed by atoms with Gasteiger partial charge in [0.1, 0.15) is 12.2 Å². The first-order valence-corrected chi connectivity index (χ1v) is 6.29. The minimum Gasteiger partial charge on any atom is -0.293 e.